The Morgan fingerprint density at radius 1 is 1.13 bits per heavy atom. The normalized spacial score (nSPS) is 11.9. The molecule has 1 aromatic carbocycles. The predicted molar refractivity (Wildman–Crippen MR) is 91.2 cm³/mol. The van der Waals surface area contributed by atoms with Crippen molar-refractivity contribution in [1.29, 1.82) is 0 Å². The van der Waals surface area contributed by atoms with Crippen molar-refractivity contribution in [1.82, 2.24) is 15.2 Å². The largest absolute Gasteiger partial charge is 0.300 e. The van der Waals surface area contributed by atoms with Crippen molar-refractivity contribution in [3.8, 4) is 10.6 Å². The highest BCUT2D eigenvalue weighted by atomic mass is 32.1. The van der Waals surface area contributed by atoms with Crippen LogP contribution in [0.1, 0.15) is 24.8 Å². The molecule has 0 aliphatic carbocycles. The van der Waals surface area contributed by atoms with Crippen molar-refractivity contribution < 1.29 is 4.79 Å². The SMILES string of the molecule is CC[C@H](C(=O)Nc1nnc(-c2ccncc2)s1)c1ccccc1. The van der Waals surface area contributed by atoms with Crippen LogP contribution < -0.4 is 5.32 Å². The molecule has 2 heterocycles. The van der Waals surface area contributed by atoms with Crippen LogP contribution in [0, 0.1) is 0 Å². The monoisotopic (exact) mass is 324 g/mol. The zero-order valence-electron chi connectivity index (χ0n) is 12.6. The van der Waals surface area contributed by atoms with E-state index in [-0.39, 0.29) is 11.8 Å². The molecular weight excluding hydrogens is 308 g/mol. The Balaban J connectivity index is 1.74. The van der Waals surface area contributed by atoms with Crippen molar-refractivity contribution in [2.24, 2.45) is 0 Å². The van der Waals surface area contributed by atoms with Gasteiger partial charge in [0.25, 0.3) is 0 Å². The number of nitrogens with one attached hydrogen (secondary N) is 1. The Morgan fingerprint density at radius 3 is 2.57 bits per heavy atom. The van der Waals surface area contributed by atoms with E-state index >= 15 is 0 Å². The molecular formula is C17H16N4OS. The van der Waals surface area contributed by atoms with Crippen LogP contribution in [0.3, 0.4) is 0 Å². The zero-order valence-corrected chi connectivity index (χ0v) is 13.5. The van der Waals surface area contributed by atoms with E-state index in [1.165, 1.54) is 11.3 Å². The van der Waals surface area contributed by atoms with Crippen LogP contribution in [0.15, 0.2) is 54.9 Å². The van der Waals surface area contributed by atoms with Gasteiger partial charge in [0.1, 0.15) is 5.01 Å². The van der Waals surface area contributed by atoms with Crippen LogP contribution in [-0.2, 0) is 4.79 Å². The number of anilines is 1. The summed E-state index contributed by atoms with van der Waals surface area (Å²) < 4.78 is 0. The van der Waals surface area contributed by atoms with Crippen LogP contribution in [0.5, 0.6) is 0 Å². The smallest absolute Gasteiger partial charge is 0.233 e. The van der Waals surface area contributed by atoms with Gasteiger partial charge in [0.15, 0.2) is 0 Å². The first-order valence-corrected chi connectivity index (χ1v) is 8.19. The summed E-state index contributed by atoms with van der Waals surface area (Å²) in [5.74, 6) is -0.249. The number of carbonyl (C=O) groups excluding carboxylic acids is 1. The molecule has 3 rings (SSSR count). The number of amides is 1. The fourth-order valence-electron chi connectivity index (χ4n) is 2.34. The van der Waals surface area contributed by atoms with Gasteiger partial charge in [0, 0.05) is 18.0 Å². The molecule has 2 aromatic heterocycles. The van der Waals surface area contributed by atoms with Gasteiger partial charge < -0.3 is 0 Å². The first kappa shape index (κ1) is 15.3. The van der Waals surface area contributed by atoms with E-state index in [1.807, 2.05) is 49.4 Å². The molecule has 0 spiro atoms. The summed E-state index contributed by atoms with van der Waals surface area (Å²) in [6.45, 7) is 2.00. The van der Waals surface area contributed by atoms with Gasteiger partial charge in [-0.3, -0.25) is 15.1 Å². The number of hydrogen-bond donors (Lipinski definition) is 1. The summed E-state index contributed by atoms with van der Waals surface area (Å²) in [4.78, 5) is 16.5. The average molecular weight is 324 g/mol. The highest BCUT2D eigenvalue weighted by Crippen LogP contribution is 2.27. The van der Waals surface area contributed by atoms with E-state index < -0.39 is 0 Å². The first-order valence-electron chi connectivity index (χ1n) is 7.37. The first-order chi connectivity index (χ1) is 11.3. The van der Waals surface area contributed by atoms with E-state index in [4.69, 9.17) is 0 Å². The topological polar surface area (TPSA) is 67.8 Å². The summed E-state index contributed by atoms with van der Waals surface area (Å²) in [6.07, 6.45) is 4.14. The Bertz CT molecular complexity index is 774. The number of carbonyl (C=O) groups is 1. The number of rotatable bonds is 5. The van der Waals surface area contributed by atoms with E-state index in [2.05, 4.69) is 20.5 Å². The highest BCUT2D eigenvalue weighted by molar-refractivity contribution is 7.18. The predicted octanol–water partition coefficient (Wildman–Crippen LogP) is 3.73. The summed E-state index contributed by atoms with van der Waals surface area (Å²) in [7, 11) is 0. The second kappa shape index (κ2) is 7.11. The van der Waals surface area contributed by atoms with Gasteiger partial charge in [-0.1, -0.05) is 48.6 Å². The number of nitrogens with zero attached hydrogens (tertiary/aromatic N) is 3. The summed E-state index contributed by atoms with van der Waals surface area (Å²) in [6, 6.07) is 13.5. The molecule has 116 valence electrons. The molecule has 0 radical (unpaired) electrons. The molecule has 23 heavy (non-hydrogen) atoms. The van der Waals surface area contributed by atoms with Crippen molar-refractivity contribution in [2.75, 3.05) is 5.32 Å². The Hall–Kier alpha value is -2.60. The van der Waals surface area contributed by atoms with E-state index in [1.54, 1.807) is 12.4 Å². The van der Waals surface area contributed by atoms with Gasteiger partial charge in [0.2, 0.25) is 11.0 Å². The number of benzene rings is 1. The van der Waals surface area contributed by atoms with Crippen LogP contribution in [-0.4, -0.2) is 21.1 Å². The van der Waals surface area contributed by atoms with Crippen molar-refractivity contribution in [2.45, 2.75) is 19.3 Å². The molecule has 1 N–H and O–H groups in total. The maximum Gasteiger partial charge on any atom is 0.233 e. The molecule has 1 amide bonds. The Morgan fingerprint density at radius 2 is 1.87 bits per heavy atom. The molecule has 0 fully saturated rings. The number of pyridine rings is 1. The minimum atomic E-state index is -0.190. The van der Waals surface area contributed by atoms with Gasteiger partial charge in [-0.15, -0.1) is 10.2 Å². The summed E-state index contributed by atoms with van der Waals surface area (Å²) >= 11 is 1.36. The van der Waals surface area contributed by atoms with Gasteiger partial charge in [-0.2, -0.15) is 0 Å². The second-order valence-electron chi connectivity index (χ2n) is 5.01. The van der Waals surface area contributed by atoms with Gasteiger partial charge >= 0.3 is 0 Å². The van der Waals surface area contributed by atoms with Crippen molar-refractivity contribution in [3.63, 3.8) is 0 Å². The lowest BCUT2D eigenvalue weighted by Gasteiger charge is -2.13. The fraction of sp³-hybridized carbons (Fsp3) is 0.176. The van der Waals surface area contributed by atoms with Gasteiger partial charge in [-0.25, -0.2) is 0 Å². The minimum absolute atomic E-state index is 0.0591. The van der Waals surface area contributed by atoms with E-state index in [9.17, 15) is 4.79 Å². The molecule has 6 heteroatoms. The fourth-order valence-corrected chi connectivity index (χ4v) is 3.09. The quantitative estimate of drug-likeness (QED) is 0.776. The molecule has 1 atom stereocenters. The molecule has 0 saturated heterocycles. The molecule has 0 unspecified atom stereocenters. The van der Waals surface area contributed by atoms with Gasteiger partial charge in [0.05, 0.1) is 5.92 Å². The maximum atomic E-state index is 12.5. The third-order valence-corrected chi connectivity index (χ3v) is 4.40. The lowest BCUT2D eigenvalue weighted by atomic mass is 9.96. The van der Waals surface area contributed by atoms with Crippen LogP contribution in [0.25, 0.3) is 10.6 Å². The number of hydrogen-bond acceptors (Lipinski definition) is 5. The third-order valence-electron chi connectivity index (χ3n) is 3.51. The lowest BCUT2D eigenvalue weighted by molar-refractivity contribution is -0.117. The summed E-state index contributed by atoms with van der Waals surface area (Å²) in [5, 5.41) is 12.3. The molecule has 3 aromatic rings. The van der Waals surface area contributed by atoms with Crippen molar-refractivity contribution in [3.05, 3.63) is 60.4 Å². The lowest BCUT2D eigenvalue weighted by Crippen LogP contribution is -2.20. The molecule has 0 aliphatic heterocycles. The van der Waals surface area contributed by atoms with Crippen molar-refractivity contribution >= 4 is 22.4 Å². The van der Waals surface area contributed by atoms with Crippen LogP contribution in [0.2, 0.25) is 0 Å². The highest BCUT2D eigenvalue weighted by Gasteiger charge is 2.20. The maximum absolute atomic E-state index is 12.5. The zero-order chi connectivity index (χ0) is 16.1. The number of aromatic nitrogens is 3. The summed E-state index contributed by atoms with van der Waals surface area (Å²) in [5.41, 5.74) is 1.94. The Labute approximate surface area is 138 Å². The van der Waals surface area contributed by atoms with Crippen LogP contribution >= 0.6 is 11.3 Å². The molecule has 0 bridgehead atoms. The van der Waals surface area contributed by atoms with Gasteiger partial charge in [-0.05, 0) is 24.1 Å². The third kappa shape index (κ3) is 3.60. The average Bonchev–Trinajstić information content (AvgIpc) is 3.06. The van der Waals surface area contributed by atoms with Crippen LogP contribution in [0.4, 0.5) is 5.13 Å². The van der Waals surface area contributed by atoms with E-state index in [0.717, 1.165) is 22.6 Å². The Kier molecular flexibility index (Phi) is 4.73. The molecule has 5 nitrogen and oxygen atoms in total. The second-order valence-corrected chi connectivity index (χ2v) is 5.99. The van der Waals surface area contributed by atoms with E-state index in [0.29, 0.717) is 5.13 Å². The molecule has 0 aliphatic rings. The standard InChI is InChI=1S/C17H16N4OS/c1-2-14(12-6-4-3-5-7-12)15(22)19-17-21-20-16(23-17)13-8-10-18-11-9-13/h3-11,14H,2H2,1H3,(H,19,21,22)/t14-/m0/s1. The minimum Gasteiger partial charge on any atom is -0.300 e. The molecule has 0 saturated carbocycles.